The fourth-order valence-electron chi connectivity index (χ4n) is 2.36. The minimum atomic E-state index is -0.823. The van der Waals surface area contributed by atoms with E-state index < -0.39 is 11.9 Å². The number of rotatable bonds is 6. The Bertz CT molecular complexity index is 645. The molecule has 1 atom stereocenters. The lowest BCUT2D eigenvalue weighted by molar-refractivity contribution is -0.141. The monoisotopic (exact) mass is 290 g/mol. The minimum absolute atomic E-state index is 0.298. The molecule has 0 radical (unpaired) electrons. The molecule has 112 valence electrons. The summed E-state index contributed by atoms with van der Waals surface area (Å²) in [5, 5.41) is 9.77. The maximum absolute atomic E-state index is 13.7. The summed E-state index contributed by atoms with van der Waals surface area (Å²) >= 11 is 0. The molecule has 1 heterocycles. The van der Waals surface area contributed by atoms with Crippen molar-refractivity contribution in [2.24, 2.45) is 5.92 Å². The van der Waals surface area contributed by atoms with Crippen molar-refractivity contribution in [2.75, 3.05) is 13.1 Å². The zero-order valence-corrected chi connectivity index (χ0v) is 12.2. The predicted molar refractivity (Wildman–Crippen MR) is 79.5 cm³/mol. The van der Waals surface area contributed by atoms with Gasteiger partial charge in [-0.2, -0.15) is 0 Å². The number of carboxylic acid groups (broad SMARTS) is 1. The van der Waals surface area contributed by atoms with Gasteiger partial charge in [0.2, 0.25) is 0 Å². The number of aromatic nitrogens is 1. The first kappa shape index (κ1) is 15.4. The molecule has 0 saturated heterocycles. The third-order valence-corrected chi connectivity index (χ3v) is 3.54. The Labute approximate surface area is 123 Å². The molecule has 1 aromatic heterocycles. The Balaban J connectivity index is 2.27. The Morgan fingerprint density at radius 3 is 2.90 bits per heavy atom. The van der Waals surface area contributed by atoms with Crippen LogP contribution in [0.15, 0.2) is 30.5 Å². The van der Waals surface area contributed by atoms with Gasteiger partial charge in [-0.15, -0.1) is 0 Å². The Hall–Kier alpha value is -2.01. The molecule has 0 bridgehead atoms. The normalized spacial score (nSPS) is 12.8. The quantitative estimate of drug-likeness (QED) is 0.888. The molecule has 0 aliphatic rings. The van der Waals surface area contributed by atoms with Crippen LogP contribution in [0.3, 0.4) is 0 Å². The summed E-state index contributed by atoms with van der Waals surface area (Å²) in [5.41, 5.74) is 1.55. The average molecular weight is 290 g/mol. The maximum Gasteiger partial charge on any atom is 0.307 e. The summed E-state index contributed by atoms with van der Waals surface area (Å²) in [5.74, 6) is -1.58. The second-order valence-electron chi connectivity index (χ2n) is 5.21. The molecule has 21 heavy (non-hydrogen) atoms. The first-order chi connectivity index (χ1) is 10.0. The van der Waals surface area contributed by atoms with Crippen LogP contribution in [0, 0.1) is 11.7 Å². The Morgan fingerprint density at radius 1 is 1.48 bits per heavy atom. The second kappa shape index (κ2) is 6.63. The van der Waals surface area contributed by atoms with Crippen LogP contribution in [-0.4, -0.2) is 34.0 Å². The summed E-state index contributed by atoms with van der Waals surface area (Å²) in [4.78, 5) is 17.3. The van der Waals surface area contributed by atoms with E-state index in [1.807, 2.05) is 17.9 Å². The standard InChI is InChI=1S/C16H19FN2O2/c1-3-19(9-11(2)16(20)21)10-13-8-14(17)7-12-5-4-6-18-15(12)13/h4-8,11H,3,9-10H2,1-2H3,(H,20,21). The first-order valence-electron chi connectivity index (χ1n) is 6.99. The number of pyridine rings is 1. The van der Waals surface area contributed by atoms with Gasteiger partial charge < -0.3 is 5.11 Å². The summed E-state index contributed by atoms with van der Waals surface area (Å²) in [6.07, 6.45) is 1.68. The molecule has 1 N–H and O–H groups in total. The van der Waals surface area contributed by atoms with E-state index in [0.29, 0.717) is 19.6 Å². The van der Waals surface area contributed by atoms with E-state index in [1.54, 1.807) is 19.2 Å². The van der Waals surface area contributed by atoms with Gasteiger partial charge in [0.05, 0.1) is 11.4 Å². The maximum atomic E-state index is 13.7. The Morgan fingerprint density at radius 2 is 2.24 bits per heavy atom. The molecule has 1 aromatic carbocycles. The molecular weight excluding hydrogens is 271 g/mol. The third kappa shape index (κ3) is 3.76. The molecule has 2 aromatic rings. The van der Waals surface area contributed by atoms with Crippen molar-refractivity contribution in [3.8, 4) is 0 Å². The van der Waals surface area contributed by atoms with Gasteiger partial charge >= 0.3 is 5.97 Å². The number of nitrogens with zero attached hydrogens (tertiary/aromatic N) is 2. The van der Waals surface area contributed by atoms with Crippen LogP contribution in [0.4, 0.5) is 4.39 Å². The van der Waals surface area contributed by atoms with Gasteiger partial charge in [-0.05, 0) is 30.3 Å². The van der Waals surface area contributed by atoms with Crippen molar-refractivity contribution in [3.63, 3.8) is 0 Å². The molecule has 0 aliphatic carbocycles. The highest BCUT2D eigenvalue weighted by Gasteiger charge is 2.16. The van der Waals surface area contributed by atoms with Crippen LogP contribution in [0.25, 0.3) is 10.9 Å². The van der Waals surface area contributed by atoms with Crippen LogP contribution in [0.5, 0.6) is 0 Å². The number of halogens is 1. The van der Waals surface area contributed by atoms with Crippen molar-refractivity contribution >= 4 is 16.9 Å². The summed E-state index contributed by atoms with van der Waals surface area (Å²) < 4.78 is 13.7. The SMILES string of the molecule is CCN(Cc1cc(F)cc2cccnc12)CC(C)C(=O)O. The highest BCUT2D eigenvalue weighted by Crippen LogP contribution is 2.20. The number of aliphatic carboxylic acids is 1. The van der Waals surface area contributed by atoms with E-state index in [1.165, 1.54) is 12.1 Å². The van der Waals surface area contributed by atoms with E-state index in [0.717, 1.165) is 16.5 Å². The largest absolute Gasteiger partial charge is 0.481 e. The number of hydrogen-bond acceptors (Lipinski definition) is 3. The zero-order valence-electron chi connectivity index (χ0n) is 12.2. The topological polar surface area (TPSA) is 53.4 Å². The number of carbonyl (C=O) groups is 1. The van der Waals surface area contributed by atoms with Crippen LogP contribution in [0.1, 0.15) is 19.4 Å². The molecular formula is C16H19FN2O2. The lowest BCUT2D eigenvalue weighted by Crippen LogP contribution is -2.31. The van der Waals surface area contributed by atoms with Gasteiger partial charge in [-0.3, -0.25) is 14.7 Å². The van der Waals surface area contributed by atoms with Crippen molar-refractivity contribution in [2.45, 2.75) is 20.4 Å². The van der Waals surface area contributed by atoms with Gasteiger partial charge in [0.15, 0.2) is 0 Å². The molecule has 0 amide bonds. The fourth-order valence-corrected chi connectivity index (χ4v) is 2.36. The van der Waals surface area contributed by atoms with Gasteiger partial charge in [0.1, 0.15) is 5.82 Å². The molecule has 0 aliphatic heterocycles. The average Bonchev–Trinajstić information content (AvgIpc) is 2.46. The third-order valence-electron chi connectivity index (χ3n) is 3.54. The smallest absolute Gasteiger partial charge is 0.307 e. The van der Waals surface area contributed by atoms with E-state index in [4.69, 9.17) is 5.11 Å². The van der Waals surface area contributed by atoms with Gasteiger partial charge in [-0.1, -0.05) is 19.9 Å². The van der Waals surface area contributed by atoms with Gasteiger partial charge in [-0.25, -0.2) is 4.39 Å². The molecule has 0 saturated carbocycles. The fraction of sp³-hybridized carbons (Fsp3) is 0.375. The number of fused-ring (bicyclic) bond motifs is 1. The molecule has 1 unspecified atom stereocenters. The highest BCUT2D eigenvalue weighted by atomic mass is 19.1. The van der Waals surface area contributed by atoms with E-state index >= 15 is 0 Å². The highest BCUT2D eigenvalue weighted by molar-refractivity contribution is 5.81. The lowest BCUT2D eigenvalue weighted by atomic mass is 10.1. The van der Waals surface area contributed by atoms with E-state index in [9.17, 15) is 9.18 Å². The van der Waals surface area contributed by atoms with Crippen molar-refractivity contribution in [1.29, 1.82) is 0 Å². The van der Waals surface area contributed by atoms with Crippen LogP contribution < -0.4 is 0 Å². The van der Waals surface area contributed by atoms with Crippen molar-refractivity contribution in [3.05, 3.63) is 41.8 Å². The van der Waals surface area contributed by atoms with Gasteiger partial charge in [0.25, 0.3) is 0 Å². The number of benzene rings is 1. The van der Waals surface area contributed by atoms with Crippen molar-refractivity contribution < 1.29 is 14.3 Å². The van der Waals surface area contributed by atoms with Crippen LogP contribution in [-0.2, 0) is 11.3 Å². The van der Waals surface area contributed by atoms with E-state index in [2.05, 4.69) is 4.98 Å². The second-order valence-corrected chi connectivity index (χ2v) is 5.21. The predicted octanol–water partition coefficient (Wildman–Crippen LogP) is 2.92. The van der Waals surface area contributed by atoms with Gasteiger partial charge in [0, 0.05) is 24.7 Å². The van der Waals surface area contributed by atoms with Crippen LogP contribution >= 0.6 is 0 Å². The molecule has 4 nitrogen and oxygen atoms in total. The van der Waals surface area contributed by atoms with Crippen LogP contribution in [0.2, 0.25) is 0 Å². The number of carboxylic acids is 1. The van der Waals surface area contributed by atoms with Crippen molar-refractivity contribution in [1.82, 2.24) is 9.88 Å². The first-order valence-corrected chi connectivity index (χ1v) is 6.99. The molecule has 5 heteroatoms. The zero-order chi connectivity index (χ0) is 15.4. The summed E-state index contributed by atoms with van der Waals surface area (Å²) in [6.45, 7) is 5.24. The lowest BCUT2D eigenvalue weighted by Gasteiger charge is -2.23. The summed E-state index contributed by atoms with van der Waals surface area (Å²) in [6, 6.07) is 6.53. The minimum Gasteiger partial charge on any atom is -0.481 e. The molecule has 0 fully saturated rings. The van der Waals surface area contributed by atoms with E-state index in [-0.39, 0.29) is 5.82 Å². The summed E-state index contributed by atoms with van der Waals surface area (Å²) in [7, 11) is 0. The Kier molecular flexibility index (Phi) is 4.85. The molecule has 2 rings (SSSR count). The molecule has 0 spiro atoms. The number of hydrogen-bond donors (Lipinski definition) is 1.